The zero-order valence-electron chi connectivity index (χ0n) is 33.7. The van der Waals surface area contributed by atoms with Gasteiger partial charge in [-0.05, 0) is 69.3 Å². The van der Waals surface area contributed by atoms with Crippen molar-refractivity contribution >= 4 is 17.9 Å². The summed E-state index contributed by atoms with van der Waals surface area (Å²) in [5.41, 5.74) is 8.48. The Bertz CT molecular complexity index is 2320. The minimum atomic E-state index is -0.566. The molecule has 0 unspecified atom stereocenters. The van der Waals surface area contributed by atoms with Crippen molar-refractivity contribution in [2.75, 3.05) is 39.6 Å². The fourth-order valence-electron chi connectivity index (χ4n) is 7.15. The normalized spacial score (nSPS) is 11.5. The van der Waals surface area contributed by atoms with Gasteiger partial charge >= 0.3 is 17.9 Å². The second-order valence-corrected chi connectivity index (χ2v) is 13.4. The van der Waals surface area contributed by atoms with Gasteiger partial charge in [0.15, 0.2) is 0 Å². The average molecular weight is 815 g/mol. The van der Waals surface area contributed by atoms with E-state index in [9.17, 15) is 14.4 Å². The van der Waals surface area contributed by atoms with E-state index in [2.05, 4.69) is 92.5 Å². The standard InChI is InChI=1S/C35H30O6.C17H16O3/c1-3-33(36)40-23-21-38-27-17-13-25(14-18-27)35(26-15-19-28(20-16-26)39-22-24-41-34(37)4-2)31-11-7-5-9-29(31)30-10-6-8-12-32(30)35;1-2-17(18)20-13-12-19-16-11-7-6-10-15(16)14-8-4-3-5-9-14/h3-20H,1-2,21-24H2;2-11H,1,12-13H2. The van der Waals surface area contributed by atoms with Gasteiger partial charge in [-0.15, -0.1) is 0 Å². The molecule has 0 saturated heterocycles. The Balaban J connectivity index is 0.000000260. The number of ether oxygens (including phenoxy) is 6. The van der Waals surface area contributed by atoms with Gasteiger partial charge in [-0.3, -0.25) is 0 Å². The Kier molecular flexibility index (Phi) is 15.1. The molecule has 0 saturated carbocycles. The lowest BCUT2D eigenvalue weighted by Gasteiger charge is -2.34. The van der Waals surface area contributed by atoms with Crippen LogP contribution in [-0.2, 0) is 34.0 Å². The lowest BCUT2D eigenvalue weighted by Crippen LogP contribution is -2.28. The smallest absolute Gasteiger partial charge is 0.330 e. The molecule has 6 aromatic carbocycles. The molecule has 0 fully saturated rings. The molecule has 0 N–H and O–H groups in total. The third kappa shape index (κ3) is 10.5. The third-order valence-electron chi connectivity index (χ3n) is 9.78. The number of rotatable bonds is 18. The summed E-state index contributed by atoms with van der Waals surface area (Å²) in [6, 6.07) is 50.9. The van der Waals surface area contributed by atoms with E-state index in [-0.39, 0.29) is 33.0 Å². The van der Waals surface area contributed by atoms with Crippen LogP contribution in [0.5, 0.6) is 17.2 Å². The van der Waals surface area contributed by atoms with Crippen LogP contribution in [0, 0.1) is 0 Å². The zero-order chi connectivity index (χ0) is 42.9. The maximum absolute atomic E-state index is 11.3. The van der Waals surface area contributed by atoms with Gasteiger partial charge in [0.1, 0.15) is 56.9 Å². The number of carbonyl (C=O) groups excluding carboxylic acids is 3. The molecule has 308 valence electrons. The molecular weight excluding hydrogens is 769 g/mol. The van der Waals surface area contributed by atoms with E-state index in [0.29, 0.717) is 18.1 Å². The van der Waals surface area contributed by atoms with Gasteiger partial charge < -0.3 is 28.4 Å². The molecule has 0 spiro atoms. The predicted octanol–water partition coefficient (Wildman–Crippen LogP) is 9.73. The van der Waals surface area contributed by atoms with Crippen molar-refractivity contribution in [2.24, 2.45) is 0 Å². The summed E-state index contributed by atoms with van der Waals surface area (Å²) in [7, 11) is 0. The van der Waals surface area contributed by atoms with E-state index in [4.69, 9.17) is 28.4 Å². The maximum atomic E-state index is 11.3. The van der Waals surface area contributed by atoms with Crippen molar-refractivity contribution in [1.29, 1.82) is 0 Å². The highest BCUT2D eigenvalue weighted by molar-refractivity contribution is 5.86. The monoisotopic (exact) mass is 814 g/mol. The summed E-state index contributed by atoms with van der Waals surface area (Å²) < 4.78 is 32.2. The second-order valence-electron chi connectivity index (χ2n) is 13.4. The van der Waals surface area contributed by atoms with Gasteiger partial charge in [0, 0.05) is 23.8 Å². The summed E-state index contributed by atoms with van der Waals surface area (Å²) in [5, 5.41) is 0. The molecule has 6 aromatic rings. The van der Waals surface area contributed by atoms with E-state index < -0.39 is 23.3 Å². The van der Waals surface area contributed by atoms with Crippen LogP contribution in [0.4, 0.5) is 0 Å². The van der Waals surface area contributed by atoms with Crippen molar-refractivity contribution in [3.05, 3.63) is 212 Å². The number of carbonyl (C=O) groups is 3. The molecule has 9 nitrogen and oxygen atoms in total. The summed E-state index contributed by atoms with van der Waals surface area (Å²) in [6.07, 6.45) is 3.40. The number of benzene rings is 6. The molecule has 0 radical (unpaired) electrons. The van der Waals surface area contributed by atoms with E-state index in [1.54, 1.807) is 0 Å². The predicted molar refractivity (Wildman–Crippen MR) is 236 cm³/mol. The molecule has 61 heavy (non-hydrogen) atoms. The van der Waals surface area contributed by atoms with E-state index in [0.717, 1.165) is 46.2 Å². The average Bonchev–Trinajstić information content (AvgIpc) is 3.62. The quantitative estimate of drug-likeness (QED) is 0.0362. The van der Waals surface area contributed by atoms with Gasteiger partial charge in [0.2, 0.25) is 0 Å². The number of hydrogen-bond donors (Lipinski definition) is 0. The molecule has 0 bridgehead atoms. The highest BCUT2D eigenvalue weighted by Gasteiger charge is 2.45. The SMILES string of the molecule is C=CC(=O)OCCOc1ccc(C2(c3ccc(OCCOC(=O)C=C)cc3)c3ccccc3-c3ccccc32)cc1.C=CC(=O)OCCOc1ccccc1-c1ccccc1. The van der Waals surface area contributed by atoms with Crippen molar-refractivity contribution in [2.45, 2.75) is 5.41 Å². The Hall–Kier alpha value is -7.65. The molecule has 1 aliphatic rings. The first-order valence-corrected chi connectivity index (χ1v) is 19.7. The number of fused-ring (bicyclic) bond motifs is 3. The highest BCUT2D eigenvalue weighted by Crippen LogP contribution is 2.56. The first kappa shape index (κ1) is 42.9. The molecule has 0 aliphatic heterocycles. The van der Waals surface area contributed by atoms with Crippen molar-refractivity contribution < 1.29 is 42.8 Å². The maximum Gasteiger partial charge on any atom is 0.330 e. The third-order valence-corrected chi connectivity index (χ3v) is 9.78. The summed E-state index contributed by atoms with van der Waals surface area (Å²) in [5.74, 6) is 0.741. The molecule has 0 aromatic heterocycles. The summed E-state index contributed by atoms with van der Waals surface area (Å²) >= 11 is 0. The number of esters is 3. The lowest BCUT2D eigenvalue weighted by molar-refractivity contribution is -0.139. The van der Waals surface area contributed by atoms with Crippen LogP contribution >= 0.6 is 0 Å². The first-order chi connectivity index (χ1) is 29.9. The Morgan fingerprint density at radius 3 is 1.23 bits per heavy atom. The molecule has 0 atom stereocenters. The van der Waals surface area contributed by atoms with Gasteiger partial charge in [-0.1, -0.05) is 141 Å². The fourth-order valence-corrected chi connectivity index (χ4v) is 7.15. The largest absolute Gasteiger partial charge is 0.490 e. The zero-order valence-corrected chi connectivity index (χ0v) is 33.7. The van der Waals surface area contributed by atoms with Gasteiger partial charge in [0.25, 0.3) is 0 Å². The molecule has 9 heteroatoms. The van der Waals surface area contributed by atoms with Crippen molar-refractivity contribution in [3.63, 3.8) is 0 Å². The van der Waals surface area contributed by atoms with Gasteiger partial charge in [-0.25, -0.2) is 14.4 Å². The number of hydrogen-bond acceptors (Lipinski definition) is 9. The Morgan fingerprint density at radius 1 is 0.410 bits per heavy atom. The molecule has 0 heterocycles. The second kappa shape index (κ2) is 21.4. The van der Waals surface area contributed by atoms with Crippen LogP contribution in [-0.4, -0.2) is 57.5 Å². The molecule has 7 rings (SSSR count). The first-order valence-electron chi connectivity index (χ1n) is 19.7. The van der Waals surface area contributed by atoms with Gasteiger partial charge in [0.05, 0.1) is 5.41 Å². The minimum Gasteiger partial charge on any atom is -0.490 e. The van der Waals surface area contributed by atoms with Crippen molar-refractivity contribution in [1.82, 2.24) is 0 Å². The van der Waals surface area contributed by atoms with Crippen molar-refractivity contribution in [3.8, 4) is 39.5 Å². The fraction of sp³-hybridized carbons (Fsp3) is 0.135. The minimum absolute atomic E-state index is 0.141. The van der Waals surface area contributed by atoms with Gasteiger partial charge in [-0.2, -0.15) is 0 Å². The lowest BCUT2D eigenvalue weighted by atomic mass is 9.68. The van der Waals surface area contributed by atoms with Crippen LogP contribution in [0.1, 0.15) is 22.3 Å². The van der Waals surface area contributed by atoms with Crippen LogP contribution in [0.15, 0.2) is 190 Å². The van der Waals surface area contributed by atoms with Crippen LogP contribution in [0.25, 0.3) is 22.3 Å². The summed E-state index contributed by atoms with van der Waals surface area (Å²) in [6.45, 7) is 11.4. The Morgan fingerprint density at radius 2 is 0.787 bits per heavy atom. The molecule has 0 amide bonds. The highest BCUT2D eigenvalue weighted by atomic mass is 16.6. The van der Waals surface area contributed by atoms with E-state index in [1.165, 1.54) is 22.3 Å². The molecule has 1 aliphatic carbocycles. The Labute approximate surface area is 356 Å². The summed E-state index contributed by atoms with van der Waals surface area (Å²) in [4.78, 5) is 33.5. The van der Waals surface area contributed by atoms with Crippen LogP contribution < -0.4 is 14.2 Å². The number of para-hydroxylation sites is 1. The van der Waals surface area contributed by atoms with Crippen LogP contribution in [0.2, 0.25) is 0 Å². The topological polar surface area (TPSA) is 107 Å². The van der Waals surface area contributed by atoms with E-state index >= 15 is 0 Å². The molecular formula is C52H46O9. The van der Waals surface area contributed by atoms with E-state index in [1.807, 2.05) is 78.9 Å². The van der Waals surface area contributed by atoms with Crippen LogP contribution in [0.3, 0.4) is 0 Å².